The van der Waals surface area contributed by atoms with Crippen LogP contribution < -0.4 is 10.6 Å². The summed E-state index contributed by atoms with van der Waals surface area (Å²) in [6.45, 7) is 3.97. The minimum Gasteiger partial charge on any atom is -0.450 e. The molecule has 2 amide bonds. The van der Waals surface area contributed by atoms with Gasteiger partial charge in [-0.05, 0) is 13.3 Å². The predicted molar refractivity (Wildman–Crippen MR) is 92.7 cm³/mol. The number of rotatable bonds is 8. The first-order valence-corrected chi connectivity index (χ1v) is 8.37. The quantitative estimate of drug-likeness (QED) is 0.513. The molecule has 11 heteroatoms. The number of amides is 2. The summed E-state index contributed by atoms with van der Waals surface area (Å²) in [4.78, 5) is 35.8. The molecule has 2 aromatic rings. The Morgan fingerprint density at radius 1 is 1.33 bits per heavy atom. The van der Waals surface area contributed by atoms with E-state index in [0.717, 1.165) is 12.8 Å². The van der Waals surface area contributed by atoms with Gasteiger partial charge < -0.3 is 15.4 Å². The average Bonchev–Trinajstić information content (AvgIpc) is 3.16. The summed E-state index contributed by atoms with van der Waals surface area (Å²) in [5.74, 6) is 0.255. The van der Waals surface area contributed by atoms with Gasteiger partial charge in [0.15, 0.2) is 11.6 Å². The van der Waals surface area contributed by atoms with E-state index < -0.39 is 18.0 Å². The maximum atomic E-state index is 11.8. The van der Waals surface area contributed by atoms with Crippen LogP contribution in [0.5, 0.6) is 0 Å². The normalized spacial score (nSPS) is 11.3. The van der Waals surface area contributed by atoms with Gasteiger partial charge in [-0.3, -0.25) is 4.79 Å². The Morgan fingerprint density at radius 2 is 2.15 bits per heavy atom. The number of carbonyl (C=O) groups is 2. The van der Waals surface area contributed by atoms with Crippen molar-refractivity contribution in [1.29, 1.82) is 5.26 Å². The molecule has 1 atom stereocenters. The second-order valence-corrected chi connectivity index (χ2v) is 5.49. The molecule has 0 unspecified atom stereocenters. The highest BCUT2D eigenvalue weighted by molar-refractivity contribution is 5.92. The maximum Gasteiger partial charge on any atom is 0.407 e. The molecule has 142 valence electrons. The molecule has 27 heavy (non-hydrogen) atoms. The molecule has 0 aliphatic carbocycles. The molecule has 0 saturated carbocycles. The molecule has 2 aromatic heterocycles. The Hall–Kier alpha value is -3.55. The van der Waals surface area contributed by atoms with Crippen LogP contribution in [0.2, 0.25) is 0 Å². The van der Waals surface area contributed by atoms with Crippen molar-refractivity contribution < 1.29 is 14.3 Å². The van der Waals surface area contributed by atoms with Gasteiger partial charge >= 0.3 is 6.09 Å². The van der Waals surface area contributed by atoms with Crippen molar-refractivity contribution in [3.05, 3.63) is 30.2 Å². The number of carbonyl (C=O) groups excluding carboxylic acids is 2. The number of unbranched alkanes of at least 4 members (excludes halogenated alkanes) is 1. The number of aromatic nitrogens is 5. The monoisotopic (exact) mass is 372 g/mol. The van der Waals surface area contributed by atoms with E-state index in [1.54, 1.807) is 13.0 Å². The fourth-order valence-electron chi connectivity index (χ4n) is 2.07. The number of ether oxygens (including phenoxy) is 1. The molecule has 11 nitrogen and oxygen atoms in total. The van der Waals surface area contributed by atoms with Gasteiger partial charge in [-0.15, -0.1) is 0 Å². The lowest BCUT2D eigenvalue weighted by Gasteiger charge is -2.14. The summed E-state index contributed by atoms with van der Waals surface area (Å²) in [5, 5.41) is 17.6. The van der Waals surface area contributed by atoms with Gasteiger partial charge in [0.05, 0.1) is 31.1 Å². The molecular weight excluding hydrogens is 352 g/mol. The van der Waals surface area contributed by atoms with Crippen molar-refractivity contribution in [2.75, 3.05) is 13.2 Å². The first kappa shape index (κ1) is 19.8. The minimum atomic E-state index is -0.541. The van der Waals surface area contributed by atoms with Crippen LogP contribution in [-0.2, 0) is 4.74 Å². The molecule has 0 radical (unpaired) electrons. The zero-order chi connectivity index (χ0) is 19.6. The van der Waals surface area contributed by atoms with Gasteiger partial charge in [0.25, 0.3) is 5.91 Å². The van der Waals surface area contributed by atoms with E-state index in [4.69, 9.17) is 10.00 Å². The van der Waals surface area contributed by atoms with Crippen molar-refractivity contribution >= 4 is 12.0 Å². The summed E-state index contributed by atoms with van der Waals surface area (Å²) in [6.07, 6.45) is 5.13. The van der Waals surface area contributed by atoms with E-state index in [0.29, 0.717) is 18.2 Å². The number of alkyl carbamates (subject to hydrolysis) is 1. The lowest BCUT2D eigenvalue weighted by atomic mass is 10.3. The van der Waals surface area contributed by atoms with Gasteiger partial charge in [-0.1, -0.05) is 13.3 Å². The highest BCUT2D eigenvalue weighted by Gasteiger charge is 2.18. The van der Waals surface area contributed by atoms with Crippen LogP contribution in [0.15, 0.2) is 18.7 Å². The van der Waals surface area contributed by atoms with Gasteiger partial charge in [0.2, 0.25) is 0 Å². The Morgan fingerprint density at radius 3 is 2.81 bits per heavy atom. The second-order valence-electron chi connectivity index (χ2n) is 5.49. The fraction of sp³-hybridized carbons (Fsp3) is 0.438. The molecule has 0 fully saturated rings. The Bertz CT molecular complexity index is 812. The third-order valence-corrected chi connectivity index (χ3v) is 3.44. The Labute approximate surface area is 155 Å². The van der Waals surface area contributed by atoms with Crippen LogP contribution in [-0.4, -0.2) is 49.9 Å². The van der Waals surface area contributed by atoms with Crippen molar-refractivity contribution in [3.63, 3.8) is 0 Å². The van der Waals surface area contributed by atoms with Crippen LogP contribution in [0, 0.1) is 11.3 Å². The molecule has 0 aliphatic heterocycles. The van der Waals surface area contributed by atoms with Crippen molar-refractivity contribution in [3.8, 4) is 11.9 Å². The topological polar surface area (TPSA) is 148 Å². The van der Waals surface area contributed by atoms with E-state index in [-0.39, 0.29) is 12.2 Å². The van der Waals surface area contributed by atoms with Crippen LogP contribution in [0.25, 0.3) is 5.82 Å². The molecule has 0 aliphatic rings. The van der Waals surface area contributed by atoms with Gasteiger partial charge in [-0.2, -0.15) is 15.0 Å². The zero-order valence-corrected chi connectivity index (χ0v) is 15.0. The van der Waals surface area contributed by atoms with Crippen molar-refractivity contribution in [2.45, 2.75) is 32.7 Å². The lowest BCUT2D eigenvalue weighted by molar-refractivity contribution is 0.0953. The summed E-state index contributed by atoms with van der Waals surface area (Å²) in [5.41, 5.74) is 0.0707. The first-order valence-electron chi connectivity index (χ1n) is 8.37. The molecule has 2 N–H and O–H groups in total. The van der Waals surface area contributed by atoms with E-state index >= 15 is 0 Å². The summed E-state index contributed by atoms with van der Waals surface area (Å²) < 4.78 is 6.47. The van der Waals surface area contributed by atoms with E-state index in [1.165, 1.54) is 23.4 Å². The SMILES string of the molecule is CCCCOC(=O)N[C@@H](C)c1ncnn1-c1cnc(C(=O)NCC#N)cn1. The molecule has 0 bridgehead atoms. The third kappa shape index (κ3) is 5.46. The van der Waals surface area contributed by atoms with Crippen LogP contribution >= 0.6 is 0 Å². The largest absolute Gasteiger partial charge is 0.450 e. The minimum absolute atomic E-state index is 0.0707. The molecular formula is C16H20N8O3. The fourth-order valence-corrected chi connectivity index (χ4v) is 2.07. The molecule has 0 saturated heterocycles. The van der Waals surface area contributed by atoms with E-state index in [9.17, 15) is 9.59 Å². The van der Waals surface area contributed by atoms with Crippen molar-refractivity contribution in [2.24, 2.45) is 0 Å². The van der Waals surface area contributed by atoms with Crippen molar-refractivity contribution in [1.82, 2.24) is 35.4 Å². The standard InChI is InChI=1S/C16H20N8O3/c1-3-4-7-27-16(26)23-11(2)14-21-10-22-24(14)13-9-19-12(8-20-13)15(25)18-6-5-17/h8-11H,3-4,6-7H2,1-2H3,(H,18,25)(H,23,26)/t11-/m0/s1. The van der Waals surface area contributed by atoms with Crippen LogP contribution in [0.1, 0.15) is 49.0 Å². The Balaban J connectivity index is 2.06. The van der Waals surface area contributed by atoms with Gasteiger partial charge in [0.1, 0.15) is 18.6 Å². The molecule has 0 spiro atoms. The lowest BCUT2D eigenvalue weighted by Crippen LogP contribution is -2.29. The number of hydrogen-bond donors (Lipinski definition) is 2. The molecule has 2 heterocycles. The second kappa shape index (κ2) is 9.81. The average molecular weight is 372 g/mol. The van der Waals surface area contributed by atoms with E-state index in [1.807, 2.05) is 6.92 Å². The molecule has 0 aromatic carbocycles. The number of nitrogens with one attached hydrogen (secondary N) is 2. The highest BCUT2D eigenvalue weighted by Crippen LogP contribution is 2.13. The van der Waals surface area contributed by atoms with Crippen LogP contribution in [0.4, 0.5) is 4.79 Å². The number of nitriles is 1. The number of nitrogens with zero attached hydrogens (tertiary/aromatic N) is 6. The smallest absolute Gasteiger partial charge is 0.407 e. The maximum absolute atomic E-state index is 11.8. The molecule has 2 rings (SSSR count). The highest BCUT2D eigenvalue weighted by atomic mass is 16.5. The van der Waals surface area contributed by atoms with Gasteiger partial charge in [0, 0.05) is 0 Å². The first-order chi connectivity index (χ1) is 13.1. The van der Waals surface area contributed by atoms with Gasteiger partial charge in [-0.25, -0.2) is 19.7 Å². The summed E-state index contributed by atoms with van der Waals surface area (Å²) in [7, 11) is 0. The Kier molecular flexibility index (Phi) is 7.18. The van der Waals surface area contributed by atoms with Crippen LogP contribution in [0.3, 0.4) is 0 Å². The predicted octanol–water partition coefficient (Wildman–Crippen LogP) is 0.898. The summed E-state index contributed by atoms with van der Waals surface area (Å²) >= 11 is 0. The zero-order valence-electron chi connectivity index (χ0n) is 15.0. The summed E-state index contributed by atoms with van der Waals surface area (Å²) in [6, 6.07) is 1.32. The third-order valence-electron chi connectivity index (χ3n) is 3.44. The number of hydrogen-bond acceptors (Lipinski definition) is 8. The van der Waals surface area contributed by atoms with E-state index in [2.05, 4.69) is 30.7 Å².